The van der Waals surface area contributed by atoms with Crippen molar-refractivity contribution in [2.75, 3.05) is 0 Å². The Labute approximate surface area is 116 Å². The summed E-state index contributed by atoms with van der Waals surface area (Å²) in [5, 5.41) is 0. The second-order valence-electron chi connectivity index (χ2n) is 5.99. The second-order valence-corrected chi connectivity index (χ2v) is 5.99. The summed E-state index contributed by atoms with van der Waals surface area (Å²) in [5.41, 5.74) is 4.30. The fourth-order valence-electron chi connectivity index (χ4n) is 2.10. The van der Waals surface area contributed by atoms with Gasteiger partial charge in [-0.3, -0.25) is 0 Å². The van der Waals surface area contributed by atoms with Crippen LogP contribution in [0.4, 0.5) is 0 Å². The quantitative estimate of drug-likeness (QED) is 0.688. The van der Waals surface area contributed by atoms with E-state index in [0.29, 0.717) is 0 Å². The summed E-state index contributed by atoms with van der Waals surface area (Å²) in [6, 6.07) is 21.3. The third kappa shape index (κ3) is 4.10. The molecule has 0 amide bonds. The Hall–Kier alpha value is -1.82. The molecule has 0 aliphatic heterocycles. The van der Waals surface area contributed by atoms with Crippen molar-refractivity contribution in [2.45, 2.75) is 27.2 Å². The van der Waals surface area contributed by atoms with Crippen molar-refractivity contribution in [2.24, 2.45) is 5.41 Å². The van der Waals surface area contributed by atoms with Crippen LogP contribution in [0.1, 0.15) is 31.9 Å². The molecule has 2 aromatic carbocycles. The van der Waals surface area contributed by atoms with Crippen LogP contribution in [0.3, 0.4) is 0 Å². The van der Waals surface area contributed by atoms with E-state index >= 15 is 0 Å². The monoisotopic (exact) mass is 250 g/mol. The lowest BCUT2D eigenvalue weighted by Crippen LogP contribution is -2.11. The van der Waals surface area contributed by atoms with Crippen molar-refractivity contribution in [3.05, 3.63) is 77.4 Å². The first-order chi connectivity index (χ1) is 9.05. The summed E-state index contributed by atoms with van der Waals surface area (Å²) in [7, 11) is 0. The van der Waals surface area contributed by atoms with E-state index in [-0.39, 0.29) is 5.41 Å². The van der Waals surface area contributed by atoms with Crippen LogP contribution in [-0.2, 0) is 6.42 Å². The largest absolute Gasteiger partial charge is 0.0622 e. The molecule has 0 saturated heterocycles. The fraction of sp³-hybridized carbons (Fsp3) is 0.263. The van der Waals surface area contributed by atoms with Gasteiger partial charge in [-0.2, -0.15) is 0 Å². The van der Waals surface area contributed by atoms with Crippen LogP contribution in [0.25, 0.3) is 6.08 Å². The van der Waals surface area contributed by atoms with Gasteiger partial charge in [0.1, 0.15) is 0 Å². The number of benzene rings is 2. The smallest absolute Gasteiger partial charge is 0.00585 e. The van der Waals surface area contributed by atoms with E-state index < -0.39 is 0 Å². The minimum absolute atomic E-state index is 0.186. The minimum Gasteiger partial charge on any atom is -0.0622 e. The van der Waals surface area contributed by atoms with Gasteiger partial charge in [0.2, 0.25) is 0 Å². The molecule has 0 bridgehead atoms. The lowest BCUT2D eigenvalue weighted by Gasteiger charge is -2.23. The Balaban J connectivity index is 2.30. The van der Waals surface area contributed by atoms with Crippen molar-refractivity contribution in [1.29, 1.82) is 0 Å². The molecule has 0 nitrogen and oxygen atoms in total. The molecule has 0 unspecified atom stereocenters. The number of rotatable bonds is 3. The first-order valence-electron chi connectivity index (χ1n) is 6.86. The molecule has 0 spiro atoms. The standard InChI is InChI=1S/C19H22/c1-19(2,3)18(14-16-10-6-4-7-11-16)15-17-12-8-5-9-13-17/h4-14H,15H2,1-3H3. The van der Waals surface area contributed by atoms with Gasteiger partial charge >= 0.3 is 0 Å². The lowest BCUT2D eigenvalue weighted by atomic mass is 9.81. The molecule has 0 aliphatic carbocycles. The Morgan fingerprint density at radius 3 is 1.89 bits per heavy atom. The molecule has 98 valence electrons. The Bertz CT molecular complexity index is 527. The average Bonchev–Trinajstić information content (AvgIpc) is 2.39. The molecular weight excluding hydrogens is 228 g/mol. The van der Waals surface area contributed by atoms with E-state index in [1.54, 1.807) is 0 Å². The molecule has 19 heavy (non-hydrogen) atoms. The first kappa shape index (κ1) is 13.6. The summed E-state index contributed by atoms with van der Waals surface area (Å²) in [6.45, 7) is 6.85. The van der Waals surface area contributed by atoms with Crippen LogP contribution in [-0.4, -0.2) is 0 Å². The normalized spacial score (nSPS) is 12.5. The number of allylic oxidation sites excluding steroid dienone is 1. The van der Waals surface area contributed by atoms with Crippen LogP contribution < -0.4 is 0 Å². The minimum atomic E-state index is 0.186. The summed E-state index contributed by atoms with van der Waals surface area (Å²) < 4.78 is 0. The average molecular weight is 250 g/mol. The zero-order valence-electron chi connectivity index (χ0n) is 12.1. The number of hydrogen-bond acceptors (Lipinski definition) is 0. The van der Waals surface area contributed by atoms with Crippen LogP contribution in [0, 0.1) is 5.41 Å². The van der Waals surface area contributed by atoms with Gasteiger partial charge in [0.05, 0.1) is 0 Å². The SMILES string of the molecule is CC(C)(C)C(=Cc1ccccc1)Cc1ccccc1. The maximum Gasteiger partial charge on any atom is -0.00585 e. The van der Waals surface area contributed by atoms with Crippen LogP contribution in [0.2, 0.25) is 0 Å². The molecule has 2 rings (SSSR count). The van der Waals surface area contributed by atoms with Gasteiger partial charge in [0.25, 0.3) is 0 Å². The van der Waals surface area contributed by atoms with Crippen molar-refractivity contribution in [3.63, 3.8) is 0 Å². The first-order valence-corrected chi connectivity index (χ1v) is 6.86. The van der Waals surface area contributed by atoms with Gasteiger partial charge in [0.15, 0.2) is 0 Å². The molecule has 0 heterocycles. The van der Waals surface area contributed by atoms with Gasteiger partial charge < -0.3 is 0 Å². The Kier molecular flexibility index (Phi) is 4.21. The van der Waals surface area contributed by atoms with Gasteiger partial charge in [0, 0.05) is 0 Å². The molecule has 0 aromatic heterocycles. The summed E-state index contributed by atoms with van der Waals surface area (Å²) in [4.78, 5) is 0. The summed E-state index contributed by atoms with van der Waals surface area (Å²) in [5.74, 6) is 0. The molecule has 0 N–H and O–H groups in total. The van der Waals surface area contributed by atoms with Crippen molar-refractivity contribution in [3.8, 4) is 0 Å². The van der Waals surface area contributed by atoms with Crippen molar-refractivity contribution < 1.29 is 0 Å². The fourth-order valence-corrected chi connectivity index (χ4v) is 2.10. The molecule has 2 aromatic rings. The Morgan fingerprint density at radius 1 is 0.842 bits per heavy atom. The molecule has 0 aliphatic rings. The Morgan fingerprint density at radius 2 is 1.37 bits per heavy atom. The topological polar surface area (TPSA) is 0 Å². The predicted octanol–water partition coefficient (Wildman–Crippen LogP) is 5.36. The molecule has 0 fully saturated rings. The molecular formula is C19H22. The molecule has 0 radical (unpaired) electrons. The van der Waals surface area contributed by atoms with Gasteiger partial charge in [-0.1, -0.05) is 93.1 Å². The van der Waals surface area contributed by atoms with E-state index in [1.807, 2.05) is 0 Å². The maximum atomic E-state index is 2.33. The second kappa shape index (κ2) is 5.88. The third-order valence-corrected chi connectivity index (χ3v) is 3.34. The predicted molar refractivity (Wildman–Crippen MR) is 84.0 cm³/mol. The van der Waals surface area contributed by atoms with E-state index in [2.05, 4.69) is 87.5 Å². The maximum absolute atomic E-state index is 2.33. The van der Waals surface area contributed by atoms with Gasteiger partial charge in [-0.25, -0.2) is 0 Å². The number of hydrogen-bond donors (Lipinski definition) is 0. The van der Waals surface area contributed by atoms with E-state index in [4.69, 9.17) is 0 Å². The highest BCUT2D eigenvalue weighted by atomic mass is 14.2. The zero-order chi connectivity index (χ0) is 13.7. The lowest BCUT2D eigenvalue weighted by molar-refractivity contribution is 0.495. The summed E-state index contributed by atoms with van der Waals surface area (Å²) in [6.07, 6.45) is 3.34. The van der Waals surface area contributed by atoms with Crippen molar-refractivity contribution >= 4 is 6.08 Å². The third-order valence-electron chi connectivity index (χ3n) is 3.34. The molecule has 0 heteroatoms. The van der Waals surface area contributed by atoms with E-state index in [1.165, 1.54) is 16.7 Å². The van der Waals surface area contributed by atoms with Gasteiger partial charge in [-0.05, 0) is 23.0 Å². The summed E-state index contributed by atoms with van der Waals surface area (Å²) >= 11 is 0. The van der Waals surface area contributed by atoms with Crippen LogP contribution in [0.15, 0.2) is 66.2 Å². The molecule has 0 saturated carbocycles. The zero-order valence-corrected chi connectivity index (χ0v) is 12.1. The van der Waals surface area contributed by atoms with Gasteiger partial charge in [-0.15, -0.1) is 0 Å². The van der Waals surface area contributed by atoms with E-state index in [0.717, 1.165) is 6.42 Å². The van der Waals surface area contributed by atoms with Crippen molar-refractivity contribution in [1.82, 2.24) is 0 Å². The van der Waals surface area contributed by atoms with E-state index in [9.17, 15) is 0 Å². The highest BCUT2D eigenvalue weighted by Gasteiger charge is 2.17. The van der Waals surface area contributed by atoms with Crippen LogP contribution >= 0.6 is 0 Å². The van der Waals surface area contributed by atoms with Crippen LogP contribution in [0.5, 0.6) is 0 Å². The molecule has 0 atom stereocenters. The highest BCUT2D eigenvalue weighted by Crippen LogP contribution is 2.30. The highest BCUT2D eigenvalue weighted by molar-refractivity contribution is 5.55.